The quantitative estimate of drug-likeness (QED) is 0.686. The van der Waals surface area contributed by atoms with Crippen molar-refractivity contribution in [3.63, 3.8) is 0 Å². The lowest BCUT2D eigenvalue weighted by Gasteiger charge is -2.08. The molecule has 0 unspecified atom stereocenters. The van der Waals surface area contributed by atoms with Gasteiger partial charge >= 0.3 is 0 Å². The Balaban J connectivity index is 2.12. The van der Waals surface area contributed by atoms with Crippen LogP contribution >= 0.6 is 0 Å². The van der Waals surface area contributed by atoms with E-state index in [0.29, 0.717) is 11.4 Å². The summed E-state index contributed by atoms with van der Waals surface area (Å²) in [5.41, 5.74) is 8.65. The van der Waals surface area contributed by atoms with E-state index in [9.17, 15) is 4.79 Å². The topological polar surface area (TPSA) is 85.8 Å². The Morgan fingerprint density at radius 1 is 1.30 bits per heavy atom. The summed E-state index contributed by atoms with van der Waals surface area (Å²) >= 11 is 0. The van der Waals surface area contributed by atoms with E-state index in [1.165, 1.54) is 0 Å². The highest BCUT2D eigenvalue weighted by Crippen LogP contribution is 2.25. The van der Waals surface area contributed by atoms with Gasteiger partial charge in [0.2, 0.25) is 0 Å². The number of carbonyl (C=O) groups excluding carboxylic acids is 1. The van der Waals surface area contributed by atoms with Crippen LogP contribution in [0.1, 0.15) is 10.5 Å². The summed E-state index contributed by atoms with van der Waals surface area (Å²) in [6, 6.07) is 9.10. The van der Waals surface area contributed by atoms with Gasteiger partial charge in [-0.05, 0) is 30.3 Å². The van der Waals surface area contributed by atoms with Gasteiger partial charge in [0.25, 0.3) is 5.91 Å². The molecule has 1 amide bonds. The molecule has 0 bridgehead atoms. The number of anilines is 1. The number of nitrogens with zero attached hydrogens (tertiary/aromatic N) is 3. The Kier molecular flexibility index (Phi) is 2.83. The third-order valence-corrected chi connectivity index (χ3v) is 3.10. The SMILES string of the molecule is CNC(=O)c1ccn(-c2ccc3ncccc3c2N)n1. The van der Waals surface area contributed by atoms with Gasteiger partial charge in [0.15, 0.2) is 5.69 Å². The molecule has 3 N–H and O–H groups in total. The van der Waals surface area contributed by atoms with Crippen LogP contribution in [-0.4, -0.2) is 27.7 Å². The number of hydrogen-bond acceptors (Lipinski definition) is 4. The van der Waals surface area contributed by atoms with Crippen molar-refractivity contribution in [2.75, 3.05) is 12.8 Å². The van der Waals surface area contributed by atoms with Gasteiger partial charge < -0.3 is 11.1 Å². The number of rotatable bonds is 2. The lowest BCUT2D eigenvalue weighted by atomic mass is 10.1. The molecule has 1 aromatic carbocycles. The number of carbonyl (C=O) groups is 1. The maximum Gasteiger partial charge on any atom is 0.271 e. The normalized spacial score (nSPS) is 10.7. The van der Waals surface area contributed by atoms with Crippen LogP contribution in [0.4, 0.5) is 5.69 Å². The zero-order valence-electron chi connectivity index (χ0n) is 10.9. The molecule has 0 aliphatic heterocycles. The zero-order chi connectivity index (χ0) is 14.1. The molecule has 6 nitrogen and oxygen atoms in total. The Labute approximate surface area is 115 Å². The first-order chi connectivity index (χ1) is 9.70. The van der Waals surface area contributed by atoms with Gasteiger partial charge in [0.1, 0.15) is 0 Å². The van der Waals surface area contributed by atoms with E-state index < -0.39 is 0 Å². The molecule has 3 aromatic rings. The van der Waals surface area contributed by atoms with Gasteiger partial charge in [0.05, 0.1) is 16.9 Å². The first-order valence-electron chi connectivity index (χ1n) is 6.12. The summed E-state index contributed by atoms with van der Waals surface area (Å²) in [6.07, 6.45) is 3.43. The molecule has 2 heterocycles. The molecule has 0 aliphatic carbocycles. The van der Waals surface area contributed by atoms with Gasteiger partial charge in [0, 0.05) is 24.8 Å². The van der Waals surface area contributed by atoms with E-state index in [0.717, 1.165) is 16.6 Å². The average molecular weight is 267 g/mol. The summed E-state index contributed by atoms with van der Waals surface area (Å²) in [6.45, 7) is 0. The number of hydrogen-bond donors (Lipinski definition) is 2. The first-order valence-corrected chi connectivity index (χ1v) is 6.12. The Hall–Kier alpha value is -2.89. The molecule has 6 heteroatoms. The highest BCUT2D eigenvalue weighted by molar-refractivity contribution is 5.95. The maximum atomic E-state index is 11.5. The molecule has 0 aliphatic rings. The van der Waals surface area contributed by atoms with Crippen molar-refractivity contribution in [3.8, 4) is 5.69 Å². The number of aromatic nitrogens is 3. The fourth-order valence-corrected chi connectivity index (χ4v) is 2.07. The van der Waals surface area contributed by atoms with Crippen LogP contribution in [0, 0.1) is 0 Å². The fourth-order valence-electron chi connectivity index (χ4n) is 2.07. The van der Waals surface area contributed by atoms with Crippen molar-refractivity contribution in [2.24, 2.45) is 0 Å². The third-order valence-electron chi connectivity index (χ3n) is 3.10. The third kappa shape index (κ3) is 1.87. The highest BCUT2D eigenvalue weighted by atomic mass is 16.1. The molecule has 0 radical (unpaired) electrons. The number of fused-ring (bicyclic) bond motifs is 1. The monoisotopic (exact) mass is 267 g/mol. The zero-order valence-corrected chi connectivity index (χ0v) is 10.9. The lowest BCUT2D eigenvalue weighted by Crippen LogP contribution is -2.18. The largest absolute Gasteiger partial charge is 0.396 e. The van der Waals surface area contributed by atoms with Crippen LogP contribution in [-0.2, 0) is 0 Å². The fraction of sp³-hybridized carbons (Fsp3) is 0.0714. The average Bonchev–Trinajstić information content (AvgIpc) is 2.97. The van der Waals surface area contributed by atoms with Crippen molar-refractivity contribution in [3.05, 3.63) is 48.4 Å². The van der Waals surface area contributed by atoms with Crippen LogP contribution in [0.5, 0.6) is 0 Å². The number of nitrogens with one attached hydrogen (secondary N) is 1. The highest BCUT2D eigenvalue weighted by Gasteiger charge is 2.11. The smallest absolute Gasteiger partial charge is 0.271 e. The first kappa shape index (κ1) is 12.2. The maximum absolute atomic E-state index is 11.5. The number of nitrogen functional groups attached to an aromatic ring is 1. The minimum absolute atomic E-state index is 0.232. The van der Waals surface area contributed by atoms with E-state index in [1.54, 1.807) is 30.2 Å². The number of benzene rings is 1. The predicted octanol–water partition coefficient (Wildman–Crippen LogP) is 1.36. The van der Waals surface area contributed by atoms with Crippen molar-refractivity contribution in [2.45, 2.75) is 0 Å². The number of nitrogens with two attached hydrogens (primary N) is 1. The van der Waals surface area contributed by atoms with E-state index in [4.69, 9.17) is 5.73 Å². The molecule has 100 valence electrons. The summed E-state index contributed by atoms with van der Waals surface area (Å²) < 4.78 is 1.59. The number of pyridine rings is 1. The summed E-state index contributed by atoms with van der Waals surface area (Å²) in [7, 11) is 1.57. The summed E-state index contributed by atoms with van der Waals surface area (Å²) in [5, 5.41) is 7.62. The van der Waals surface area contributed by atoms with Crippen LogP contribution in [0.2, 0.25) is 0 Å². The van der Waals surface area contributed by atoms with Crippen LogP contribution in [0.3, 0.4) is 0 Å². The van der Waals surface area contributed by atoms with E-state index in [2.05, 4.69) is 15.4 Å². The molecule has 3 rings (SSSR count). The summed E-state index contributed by atoms with van der Waals surface area (Å²) in [4.78, 5) is 15.8. The van der Waals surface area contributed by atoms with E-state index in [-0.39, 0.29) is 5.91 Å². The van der Waals surface area contributed by atoms with Gasteiger partial charge in [-0.15, -0.1) is 0 Å². The van der Waals surface area contributed by atoms with E-state index in [1.807, 2.05) is 24.3 Å². The number of amides is 1. The Morgan fingerprint density at radius 3 is 2.95 bits per heavy atom. The van der Waals surface area contributed by atoms with Crippen molar-refractivity contribution in [1.82, 2.24) is 20.1 Å². The molecular formula is C14H13N5O. The van der Waals surface area contributed by atoms with Crippen LogP contribution in [0.25, 0.3) is 16.6 Å². The standard InChI is InChI=1S/C14H13N5O/c1-16-14(20)11-6-8-19(18-11)12-5-4-10-9(13(12)15)3-2-7-17-10/h2-8H,15H2,1H3,(H,16,20). The van der Waals surface area contributed by atoms with Crippen molar-refractivity contribution >= 4 is 22.5 Å². The van der Waals surface area contributed by atoms with Crippen molar-refractivity contribution < 1.29 is 4.79 Å². The molecular weight excluding hydrogens is 254 g/mol. The molecule has 2 aromatic heterocycles. The van der Waals surface area contributed by atoms with Gasteiger partial charge in [-0.25, -0.2) is 4.68 Å². The van der Waals surface area contributed by atoms with Crippen molar-refractivity contribution in [1.29, 1.82) is 0 Å². The molecule has 20 heavy (non-hydrogen) atoms. The second-order valence-electron chi connectivity index (χ2n) is 4.29. The Bertz CT molecular complexity index is 793. The van der Waals surface area contributed by atoms with Crippen LogP contribution in [0.15, 0.2) is 42.7 Å². The minimum atomic E-state index is -0.232. The molecule has 0 atom stereocenters. The summed E-state index contributed by atoms with van der Waals surface area (Å²) in [5.74, 6) is -0.232. The van der Waals surface area contributed by atoms with Gasteiger partial charge in [-0.3, -0.25) is 9.78 Å². The molecule has 0 spiro atoms. The molecule has 0 fully saturated rings. The van der Waals surface area contributed by atoms with Gasteiger partial charge in [-0.2, -0.15) is 5.10 Å². The second-order valence-corrected chi connectivity index (χ2v) is 4.29. The second kappa shape index (κ2) is 4.65. The Morgan fingerprint density at radius 2 is 2.15 bits per heavy atom. The minimum Gasteiger partial charge on any atom is -0.396 e. The van der Waals surface area contributed by atoms with Gasteiger partial charge in [-0.1, -0.05) is 0 Å². The van der Waals surface area contributed by atoms with E-state index >= 15 is 0 Å². The lowest BCUT2D eigenvalue weighted by molar-refractivity contribution is 0.0957. The molecule has 0 saturated carbocycles. The van der Waals surface area contributed by atoms with Crippen LogP contribution < -0.4 is 11.1 Å². The molecule has 0 saturated heterocycles. The predicted molar refractivity (Wildman–Crippen MR) is 76.7 cm³/mol.